The van der Waals surface area contributed by atoms with Gasteiger partial charge >= 0.3 is 0 Å². The van der Waals surface area contributed by atoms with E-state index >= 15 is 0 Å². The summed E-state index contributed by atoms with van der Waals surface area (Å²) < 4.78 is 0. The molecular weight excluding hydrogens is 222 g/mol. The molecule has 1 rings (SSSR count). The summed E-state index contributed by atoms with van der Waals surface area (Å²) in [7, 11) is 0. The molecule has 1 aliphatic rings. The number of rotatable bonds is 4. The molecule has 0 spiro atoms. The highest BCUT2D eigenvalue weighted by Gasteiger charge is 2.17. The smallest absolute Gasteiger partial charge is 0.262 e. The van der Waals surface area contributed by atoms with E-state index in [1.165, 1.54) is 31.0 Å². The van der Waals surface area contributed by atoms with E-state index < -0.39 is 5.91 Å². The number of nitriles is 1. The van der Waals surface area contributed by atoms with Gasteiger partial charge < -0.3 is 11.1 Å². The third-order valence-corrected chi connectivity index (χ3v) is 3.46. The third kappa shape index (κ3) is 3.46. The second kappa shape index (κ2) is 6.44. The summed E-state index contributed by atoms with van der Waals surface area (Å²) >= 11 is 1.37. The normalized spacial score (nSPS) is 18.5. The van der Waals surface area contributed by atoms with Gasteiger partial charge in [-0.1, -0.05) is 19.3 Å². The molecule has 0 aromatic rings. The van der Waals surface area contributed by atoms with Crippen molar-refractivity contribution >= 4 is 17.7 Å². The summed E-state index contributed by atoms with van der Waals surface area (Å²) in [4.78, 5) is 11.1. The average molecular weight is 239 g/mol. The van der Waals surface area contributed by atoms with Crippen LogP contribution >= 0.6 is 11.8 Å². The van der Waals surface area contributed by atoms with Crippen LogP contribution in [0.1, 0.15) is 32.1 Å². The molecule has 0 aromatic carbocycles. The van der Waals surface area contributed by atoms with Gasteiger partial charge in [-0.15, -0.1) is 11.8 Å². The molecule has 0 saturated heterocycles. The predicted molar refractivity (Wildman–Crippen MR) is 65.4 cm³/mol. The lowest BCUT2D eigenvalue weighted by Crippen LogP contribution is -2.31. The number of nitrogens with one attached hydrogen (secondary N) is 1. The Morgan fingerprint density at radius 3 is 2.50 bits per heavy atom. The highest BCUT2D eigenvalue weighted by molar-refractivity contribution is 8.02. The zero-order chi connectivity index (χ0) is 12.0. The fraction of sp³-hybridized carbons (Fsp3) is 0.636. The van der Waals surface area contributed by atoms with Crippen LogP contribution in [-0.4, -0.2) is 18.2 Å². The SMILES string of the molecule is CS/C(NC1CCCCC1)=C(\C#N)C(N)=O. The summed E-state index contributed by atoms with van der Waals surface area (Å²) in [6.07, 6.45) is 7.72. The second-order valence-corrected chi connectivity index (χ2v) is 4.68. The molecule has 1 amide bonds. The lowest BCUT2D eigenvalue weighted by atomic mass is 9.96. The Balaban J connectivity index is 2.73. The summed E-state index contributed by atoms with van der Waals surface area (Å²) in [5.41, 5.74) is 5.20. The van der Waals surface area contributed by atoms with E-state index in [9.17, 15) is 4.79 Å². The largest absolute Gasteiger partial charge is 0.376 e. The molecule has 16 heavy (non-hydrogen) atoms. The number of nitrogens with two attached hydrogens (primary N) is 1. The van der Waals surface area contributed by atoms with Gasteiger partial charge in [-0.05, 0) is 19.1 Å². The molecule has 4 nitrogen and oxygen atoms in total. The van der Waals surface area contributed by atoms with Gasteiger partial charge in [-0.2, -0.15) is 5.26 Å². The lowest BCUT2D eigenvalue weighted by molar-refractivity contribution is -0.114. The molecule has 88 valence electrons. The summed E-state index contributed by atoms with van der Waals surface area (Å²) in [5.74, 6) is -0.657. The standard InChI is InChI=1S/C11H17N3OS/c1-16-11(9(7-12)10(13)15)14-8-5-3-2-4-6-8/h8,14H,2-6H2,1H3,(H2,13,15)/b11-9+. The Morgan fingerprint density at radius 1 is 1.44 bits per heavy atom. The Kier molecular flexibility index (Phi) is 5.20. The number of nitrogens with zero attached hydrogens (tertiary/aromatic N) is 1. The molecule has 3 N–H and O–H groups in total. The molecule has 1 aliphatic carbocycles. The van der Waals surface area contributed by atoms with Crippen molar-refractivity contribution < 1.29 is 4.79 Å². The Morgan fingerprint density at radius 2 is 2.06 bits per heavy atom. The number of thioether (sulfide) groups is 1. The zero-order valence-corrected chi connectivity index (χ0v) is 10.3. The lowest BCUT2D eigenvalue weighted by Gasteiger charge is -2.24. The van der Waals surface area contributed by atoms with Crippen molar-refractivity contribution in [2.24, 2.45) is 5.73 Å². The highest BCUT2D eigenvalue weighted by Crippen LogP contribution is 2.22. The van der Waals surface area contributed by atoms with Crippen molar-refractivity contribution in [2.75, 3.05) is 6.26 Å². The zero-order valence-electron chi connectivity index (χ0n) is 9.45. The first-order valence-corrected chi connectivity index (χ1v) is 6.66. The van der Waals surface area contributed by atoms with Crippen LogP contribution in [0.2, 0.25) is 0 Å². The van der Waals surface area contributed by atoms with E-state index in [2.05, 4.69) is 5.32 Å². The maximum Gasteiger partial charge on any atom is 0.262 e. The minimum Gasteiger partial charge on any atom is -0.376 e. The second-order valence-electron chi connectivity index (χ2n) is 3.86. The van der Waals surface area contributed by atoms with Gasteiger partial charge in [0.05, 0.1) is 5.03 Å². The van der Waals surface area contributed by atoms with Crippen LogP contribution in [0.15, 0.2) is 10.6 Å². The summed E-state index contributed by atoms with van der Waals surface area (Å²) in [6, 6.07) is 2.24. The predicted octanol–water partition coefficient (Wildman–Crippen LogP) is 1.49. The molecule has 0 aromatic heterocycles. The van der Waals surface area contributed by atoms with Crippen LogP contribution in [0.3, 0.4) is 0 Å². The van der Waals surface area contributed by atoms with Gasteiger partial charge in [0.15, 0.2) is 0 Å². The fourth-order valence-electron chi connectivity index (χ4n) is 1.88. The molecule has 1 saturated carbocycles. The van der Waals surface area contributed by atoms with Gasteiger partial charge in [-0.25, -0.2) is 0 Å². The minimum atomic E-state index is -0.657. The van der Waals surface area contributed by atoms with E-state index in [0.29, 0.717) is 11.1 Å². The van der Waals surface area contributed by atoms with Gasteiger partial charge in [0.25, 0.3) is 5.91 Å². The Hall–Kier alpha value is -1.15. The van der Waals surface area contributed by atoms with E-state index in [4.69, 9.17) is 11.0 Å². The van der Waals surface area contributed by atoms with Crippen LogP contribution in [0.25, 0.3) is 0 Å². The monoisotopic (exact) mass is 239 g/mol. The molecule has 5 heteroatoms. The number of carbonyl (C=O) groups excluding carboxylic acids is 1. The number of primary amides is 1. The van der Waals surface area contributed by atoms with Crippen LogP contribution < -0.4 is 11.1 Å². The van der Waals surface area contributed by atoms with Gasteiger partial charge in [-0.3, -0.25) is 4.79 Å². The number of carbonyl (C=O) groups is 1. The van der Waals surface area contributed by atoms with E-state index in [-0.39, 0.29) is 5.57 Å². The molecule has 0 unspecified atom stereocenters. The first kappa shape index (κ1) is 12.9. The van der Waals surface area contributed by atoms with E-state index in [1.807, 2.05) is 12.3 Å². The molecule has 0 aliphatic heterocycles. The summed E-state index contributed by atoms with van der Waals surface area (Å²) in [5, 5.41) is 12.7. The van der Waals surface area contributed by atoms with E-state index in [0.717, 1.165) is 12.8 Å². The van der Waals surface area contributed by atoms with Crippen molar-refractivity contribution in [2.45, 2.75) is 38.1 Å². The van der Waals surface area contributed by atoms with Crippen molar-refractivity contribution in [3.63, 3.8) is 0 Å². The number of hydrogen-bond acceptors (Lipinski definition) is 4. The van der Waals surface area contributed by atoms with Crippen LogP contribution in [-0.2, 0) is 4.79 Å². The molecule has 0 heterocycles. The van der Waals surface area contributed by atoms with Crippen LogP contribution in [0, 0.1) is 11.3 Å². The van der Waals surface area contributed by atoms with Crippen molar-refractivity contribution in [3.05, 3.63) is 10.6 Å². The highest BCUT2D eigenvalue weighted by atomic mass is 32.2. The average Bonchev–Trinajstić information content (AvgIpc) is 2.29. The fourth-order valence-corrected chi connectivity index (χ4v) is 2.52. The number of amides is 1. The van der Waals surface area contributed by atoms with E-state index in [1.54, 1.807) is 0 Å². The van der Waals surface area contributed by atoms with Gasteiger partial charge in [0.1, 0.15) is 11.6 Å². The Bertz CT molecular complexity index is 327. The summed E-state index contributed by atoms with van der Waals surface area (Å²) in [6.45, 7) is 0. The van der Waals surface area contributed by atoms with Gasteiger partial charge in [0.2, 0.25) is 0 Å². The first-order valence-electron chi connectivity index (χ1n) is 5.43. The molecule has 1 fully saturated rings. The quantitative estimate of drug-likeness (QED) is 0.575. The first-order chi connectivity index (χ1) is 7.69. The minimum absolute atomic E-state index is 0.0399. The van der Waals surface area contributed by atoms with Crippen LogP contribution in [0.4, 0.5) is 0 Å². The Labute approximate surface area is 100 Å². The molecule has 0 radical (unpaired) electrons. The molecule has 0 bridgehead atoms. The topological polar surface area (TPSA) is 78.9 Å². The van der Waals surface area contributed by atoms with Crippen molar-refractivity contribution in [1.29, 1.82) is 5.26 Å². The molecular formula is C11H17N3OS. The molecule has 0 atom stereocenters. The van der Waals surface area contributed by atoms with Crippen LogP contribution in [0.5, 0.6) is 0 Å². The maximum absolute atomic E-state index is 11.1. The van der Waals surface area contributed by atoms with Crippen molar-refractivity contribution in [1.82, 2.24) is 5.32 Å². The third-order valence-electron chi connectivity index (χ3n) is 2.73. The maximum atomic E-state index is 11.1. The van der Waals surface area contributed by atoms with Gasteiger partial charge in [0, 0.05) is 6.04 Å². The van der Waals surface area contributed by atoms with Crippen molar-refractivity contribution in [3.8, 4) is 6.07 Å². The number of hydrogen-bond donors (Lipinski definition) is 2.